The molecule has 0 aromatic carbocycles. The van der Waals surface area contributed by atoms with Gasteiger partial charge in [0.2, 0.25) is 0 Å². The van der Waals surface area contributed by atoms with Crippen LogP contribution in [0.4, 0.5) is 13.6 Å². The van der Waals surface area contributed by atoms with Crippen LogP contribution in [0.25, 0.3) is 0 Å². The normalized spacial score (nSPS) is 9.00. The summed E-state index contributed by atoms with van der Waals surface area (Å²) in [4.78, 5) is 9.89. The molecule has 0 heterocycles. The Labute approximate surface area is 61.2 Å². The number of primary amides is 1. The Morgan fingerprint density at radius 3 is 2.36 bits per heavy atom. The molecule has 3 N–H and O–H groups in total. The molecule has 11 heavy (non-hydrogen) atoms. The van der Waals surface area contributed by atoms with Gasteiger partial charge in [0.05, 0.1) is 12.2 Å². The Bertz CT molecular complexity index is 177. The number of hydrogen-bond acceptors (Lipinski definition) is 3. The lowest BCUT2D eigenvalue weighted by Gasteiger charge is -2.01. The maximum atomic E-state index is 11.6. The molecule has 0 aliphatic carbocycles. The molecular weight excluding hydrogens is 160 g/mol. The molecule has 0 saturated heterocycles. The smallest absolute Gasteiger partial charge is 0.404 e. The van der Waals surface area contributed by atoms with E-state index in [1.165, 1.54) is 0 Å². The van der Waals surface area contributed by atoms with Crippen molar-refractivity contribution in [1.29, 1.82) is 0 Å². The van der Waals surface area contributed by atoms with Crippen LogP contribution in [0, 0.1) is 0 Å². The summed E-state index contributed by atoms with van der Waals surface area (Å²) in [6.45, 7) is -1.52. The van der Waals surface area contributed by atoms with Gasteiger partial charge in [0, 0.05) is 0 Å². The Morgan fingerprint density at radius 2 is 2.09 bits per heavy atom. The minimum absolute atomic E-state index is 0.649. The van der Waals surface area contributed by atoms with E-state index in [0.717, 1.165) is 0 Å². The van der Waals surface area contributed by atoms with Crippen LogP contribution in [0.2, 0.25) is 0 Å². The van der Waals surface area contributed by atoms with Gasteiger partial charge >= 0.3 is 6.09 Å². The van der Waals surface area contributed by atoms with Crippen LogP contribution in [-0.4, -0.2) is 24.4 Å². The van der Waals surface area contributed by atoms with E-state index in [2.05, 4.69) is 10.5 Å². The zero-order chi connectivity index (χ0) is 8.85. The summed E-state index contributed by atoms with van der Waals surface area (Å²) in [5, 5.41) is 8.24. The lowest BCUT2D eigenvalue weighted by atomic mass is 10.3. The van der Waals surface area contributed by atoms with E-state index in [4.69, 9.17) is 5.11 Å². The molecule has 0 atom stereocenters. The second kappa shape index (κ2) is 4.62. The first-order valence-electron chi connectivity index (χ1n) is 2.64. The van der Waals surface area contributed by atoms with E-state index < -0.39 is 31.0 Å². The molecule has 0 radical (unpaired) electrons. The van der Waals surface area contributed by atoms with Crippen molar-refractivity contribution >= 4 is 6.09 Å². The monoisotopic (exact) mass is 167 g/mol. The molecule has 6 heteroatoms. The van der Waals surface area contributed by atoms with E-state index in [1.54, 1.807) is 0 Å². The zero-order valence-corrected chi connectivity index (χ0v) is 5.51. The van der Waals surface area contributed by atoms with Crippen molar-refractivity contribution in [1.82, 2.24) is 0 Å². The van der Waals surface area contributed by atoms with E-state index in [1.807, 2.05) is 0 Å². The van der Waals surface area contributed by atoms with Gasteiger partial charge in [0.1, 0.15) is 6.61 Å². The Kier molecular flexibility index (Phi) is 4.12. The van der Waals surface area contributed by atoms with Crippen LogP contribution >= 0.6 is 0 Å². The maximum absolute atomic E-state index is 11.6. The summed E-state index contributed by atoms with van der Waals surface area (Å²) in [6, 6.07) is 0. The minimum Gasteiger partial charge on any atom is -0.445 e. The Morgan fingerprint density at radius 1 is 1.55 bits per heavy atom. The van der Waals surface area contributed by atoms with Crippen LogP contribution in [0.5, 0.6) is 0 Å². The van der Waals surface area contributed by atoms with Crippen molar-refractivity contribution in [2.75, 3.05) is 13.2 Å². The maximum Gasteiger partial charge on any atom is 0.404 e. The van der Waals surface area contributed by atoms with Crippen LogP contribution in [0.1, 0.15) is 0 Å². The average molecular weight is 167 g/mol. The van der Waals surface area contributed by atoms with Crippen LogP contribution in [0.15, 0.2) is 11.7 Å². The number of aliphatic hydroxyl groups is 1. The molecule has 0 aliphatic heterocycles. The van der Waals surface area contributed by atoms with Gasteiger partial charge in [-0.3, -0.25) is 0 Å². The van der Waals surface area contributed by atoms with Crippen molar-refractivity contribution in [3.8, 4) is 0 Å². The topological polar surface area (TPSA) is 72.6 Å². The number of carbonyl (C=O) groups is 1. The number of nitrogens with two attached hydrogens (primary N) is 1. The second-order valence-corrected chi connectivity index (χ2v) is 1.63. The fraction of sp³-hybridized carbons (Fsp3) is 0.400. The molecule has 0 bridgehead atoms. The summed E-state index contributed by atoms with van der Waals surface area (Å²) in [5.41, 5.74) is 3.84. The van der Waals surface area contributed by atoms with Gasteiger partial charge in [-0.05, 0) is 0 Å². The van der Waals surface area contributed by atoms with Gasteiger partial charge in [-0.1, -0.05) is 0 Å². The van der Waals surface area contributed by atoms with Crippen molar-refractivity contribution < 1.29 is 23.4 Å². The fourth-order valence-electron chi connectivity index (χ4n) is 0.318. The van der Waals surface area contributed by atoms with E-state index >= 15 is 0 Å². The van der Waals surface area contributed by atoms with Crippen LogP contribution in [-0.2, 0) is 4.74 Å². The summed E-state index contributed by atoms with van der Waals surface area (Å²) in [7, 11) is 0. The third-order valence-corrected chi connectivity index (χ3v) is 0.847. The molecule has 0 rings (SSSR count). The molecule has 0 spiro atoms. The highest BCUT2D eigenvalue weighted by atomic mass is 19.3. The molecule has 0 saturated carbocycles. The average Bonchev–Trinajstić information content (AvgIpc) is 1.87. The summed E-state index contributed by atoms with van der Waals surface area (Å²) in [6.07, 6.45) is -3.22. The van der Waals surface area contributed by atoms with E-state index in [-0.39, 0.29) is 0 Å². The summed E-state index contributed by atoms with van der Waals surface area (Å²) in [5.74, 6) is 0. The van der Waals surface area contributed by atoms with Gasteiger partial charge in [-0.25, -0.2) is 4.79 Å². The lowest BCUT2D eigenvalue weighted by Crippen LogP contribution is -2.16. The first-order valence-corrected chi connectivity index (χ1v) is 2.64. The number of aliphatic hydroxyl groups excluding tert-OH is 1. The van der Waals surface area contributed by atoms with E-state index in [9.17, 15) is 13.6 Å². The summed E-state index contributed by atoms with van der Waals surface area (Å²) >= 11 is 0. The standard InChI is InChI=1S/C5H7F2NO3/c6-4(7)3(1-9)2-11-5(8)10/h9H,1-2H2,(H2,8,10). The highest BCUT2D eigenvalue weighted by Crippen LogP contribution is 2.06. The van der Waals surface area contributed by atoms with Crippen LogP contribution < -0.4 is 5.73 Å². The molecule has 64 valence electrons. The molecule has 0 aliphatic rings. The van der Waals surface area contributed by atoms with Crippen molar-refractivity contribution in [3.63, 3.8) is 0 Å². The predicted octanol–water partition coefficient (Wildman–Crippen LogP) is 0.225. The van der Waals surface area contributed by atoms with Crippen molar-refractivity contribution in [2.24, 2.45) is 5.73 Å². The Balaban J connectivity index is 3.91. The predicted molar refractivity (Wildman–Crippen MR) is 31.9 cm³/mol. The Hall–Kier alpha value is -1.17. The van der Waals surface area contributed by atoms with Gasteiger partial charge < -0.3 is 15.6 Å². The van der Waals surface area contributed by atoms with Crippen molar-refractivity contribution in [3.05, 3.63) is 11.7 Å². The van der Waals surface area contributed by atoms with Gasteiger partial charge in [0.25, 0.3) is 6.08 Å². The first-order chi connectivity index (χ1) is 5.07. The number of halogens is 2. The molecule has 0 aromatic rings. The molecular formula is C5H7F2NO3. The van der Waals surface area contributed by atoms with Crippen molar-refractivity contribution in [2.45, 2.75) is 0 Å². The number of rotatable bonds is 3. The van der Waals surface area contributed by atoms with E-state index in [0.29, 0.717) is 0 Å². The molecule has 0 fully saturated rings. The highest BCUT2D eigenvalue weighted by molar-refractivity contribution is 5.64. The summed E-state index contributed by atoms with van der Waals surface area (Å²) < 4.78 is 27.3. The quantitative estimate of drug-likeness (QED) is 0.631. The van der Waals surface area contributed by atoms with Gasteiger partial charge in [-0.15, -0.1) is 0 Å². The number of hydrogen-bond donors (Lipinski definition) is 2. The number of amides is 1. The zero-order valence-electron chi connectivity index (χ0n) is 5.51. The molecule has 4 nitrogen and oxygen atoms in total. The first kappa shape index (κ1) is 9.83. The van der Waals surface area contributed by atoms with Gasteiger partial charge in [0.15, 0.2) is 0 Å². The fourth-order valence-corrected chi connectivity index (χ4v) is 0.318. The second-order valence-electron chi connectivity index (χ2n) is 1.63. The lowest BCUT2D eigenvalue weighted by molar-refractivity contribution is 0.159. The molecule has 0 unspecified atom stereocenters. The molecule has 0 aromatic heterocycles. The number of ether oxygens (including phenoxy) is 1. The SMILES string of the molecule is NC(=O)OCC(CO)=C(F)F. The highest BCUT2D eigenvalue weighted by Gasteiger charge is 2.06. The van der Waals surface area contributed by atoms with Crippen LogP contribution in [0.3, 0.4) is 0 Å². The third kappa shape index (κ3) is 4.26. The minimum atomic E-state index is -2.06. The third-order valence-electron chi connectivity index (χ3n) is 0.847. The number of carbonyl (C=O) groups excluding carboxylic acids is 1. The van der Waals surface area contributed by atoms with Gasteiger partial charge in [-0.2, -0.15) is 8.78 Å². The molecule has 1 amide bonds. The largest absolute Gasteiger partial charge is 0.445 e.